The molecule has 1 aliphatic rings. The Morgan fingerprint density at radius 3 is 2.12 bits per heavy atom. The fourth-order valence-electron chi connectivity index (χ4n) is 1.79. The van der Waals surface area contributed by atoms with Gasteiger partial charge in [-0.15, -0.1) is 12.4 Å². The molecular formula is C10H23ClN2O3Si. The van der Waals surface area contributed by atoms with Crippen molar-refractivity contribution in [1.82, 2.24) is 9.80 Å². The van der Waals surface area contributed by atoms with Crippen LogP contribution in [0.4, 0.5) is 0 Å². The van der Waals surface area contributed by atoms with Gasteiger partial charge in [0.25, 0.3) is 0 Å². The Kier molecular flexibility index (Phi) is 7.81. The number of halogens is 1. The van der Waals surface area contributed by atoms with E-state index in [1.807, 2.05) is 0 Å². The molecule has 0 bridgehead atoms. The van der Waals surface area contributed by atoms with Gasteiger partial charge in [0.15, 0.2) is 0 Å². The van der Waals surface area contributed by atoms with Crippen LogP contribution in [0.1, 0.15) is 6.42 Å². The topological polar surface area (TPSA) is 34.2 Å². The molecule has 0 aromatic heterocycles. The number of hydrogen-bond acceptors (Lipinski definition) is 5. The normalized spacial score (nSPS) is 15.3. The minimum atomic E-state index is -2.37. The van der Waals surface area contributed by atoms with E-state index in [1.54, 1.807) is 21.3 Å². The Balaban J connectivity index is 0.00000256. The van der Waals surface area contributed by atoms with E-state index >= 15 is 0 Å². The lowest BCUT2D eigenvalue weighted by molar-refractivity contribution is 0.122. The highest BCUT2D eigenvalue weighted by Gasteiger charge is 2.37. The lowest BCUT2D eigenvalue weighted by atomic mass is 10.4. The molecule has 0 aromatic rings. The highest BCUT2D eigenvalue weighted by molar-refractivity contribution is 6.60. The summed E-state index contributed by atoms with van der Waals surface area (Å²) in [5, 5.41) is 0. The van der Waals surface area contributed by atoms with Crippen LogP contribution in [0.3, 0.4) is 0 Å². The quantitative estimate of drug-likeness (QED) is 0.659. The zero-order valence-electron chi connectivity index (χ0n) is 11.0. The maximum absolute atomic E-state index is 5.37. The van der Waals surface area contributed by atoms with Crippen molar-refractivity contribution in [3.05, 3.63) is 12.4 Å². The summed E-state index contributed by atoms with van der Waals surface area (Å²) < 4.78 is 16.1. The van der Waals surface area contributed by atoms with Crippen LogP contribution in [0.25, 0.3) is 0 Å². The van der Waals surface area contributed by atoms with Crippen LogP contribution in [0, 0.1) is 0 Å². The molecule has 0 fully saturated rings. The molecule has 0 aliphatic carbocycles. The van der Waals surface area contributed by atoms with Crippen molar-refractivity contribution in [2.24, 2.45) is 0 Å². The second-order valence-electron chi connectivity index (χ2n) is 3.91. The molecular weight excluding hydrogens is 260 g/mol. The standard InChI is InChI=1S/C10H22N2O3Si.ClH/c1-11-7-8-12(10-11)6-5-9-16(13-2,14-3)15-4;/h7-8H,5-6,9-10H2,1-4H3;1H. The van der Waals surface area contributed by atoms with Gasteiger partial charge in [-0.05, 0) is 6.42 Å². The lowest BCUT2D eigenvalue weighted by Crippen LogP contribution is -2.43. The molecule has 0 N–H and O–H groups in total. The van der Waals surface area contributed by atoms with Crippen molar-refractivity contribution < 1.29 is 13.3 Å². The Morgan fingerprint density at radius 2 is 1.71 bits per heavy atom. The fourth-order valence-corrected chi connectivity index (χ4v) is 3.49. The van der Waals surface area contributed by atoms with Crippen LogP contribution in [0.15, 0.2) is 12.4 Å². The summed E-state index contributed by atoms with van der Waals surface area (Å²) in [6, 6.07) is 0.852. The molecule has 102 valence electrons. The van der Waals surface area contributed by atoms with Crippen LogP contribution >= 0.6 is 12.4 Å². The Morgan fingerprint density at radius 1 is 1.12 bits per heavy atom. The summed E-state index contributed by atoms with van der Waals surface area (Å²) in [6.45, 7) is 1.97. The van der Waals surface area contributed by atoms with Gasteiger partial charge in [-0.25, -0.2) is 0 Å². The van der Waals surface area contributed by atoms with E-state index in [0.29, 0.717) is 0 Å². The summed E-state index contributed by atoms with van der Waals surface area (Å²) in [5.74, 6) is 0. The fraction of sp³-hybridized carbons (Fsp3) is 0.800. The molecule has 0 unspecified atom stereocenters. The van der Waals surface area contributed by atoms with Crippen molar-refractivity contribution in [2.75, 3.05) is 41.6 Å². The maximum Gasteiger partial charge on any atom is 0.500 e. The van der Waals surface area contributed by atoms with Gasteiger partial charge < -0.3 is 23.1 Å². The van der Waals surface area contributed by atoms with Crippen LogP contribution in [0.5, 0.6) is 0 Å². The van der Waals surface area contributed by atoms with Crippen LogP contribution in [-0.4, -0.2) is 60.2 Å². The van der Waals surface area contributed by atoms with Crippen molar-refractivity contribution in [2.45, 2.75) is 12.5 Å². The third-order valence-corrected chi connectivity index (χ3v) is 5.63. The smallest absolute Gasteiger partial charge is 0.377 e. The SMILES string of the molecule is CO[Si](CCCN1C=CN(C)C1)(OC)OC.Cl. The average Bonchev–Trinajstić information content (AvgIpc) is 2.71. The lowest BCUT2D eigenvalue weighted by Gasteiger charge is -2.25. The van der Waals surface area contributed by atoms with Crippen molar-refractivity contribution in [3.8, 4) is 0 Å². The van der Waals surface area contributed by atoms with Gasteiger partial charge in [-0.3, -0.25) is 0 Å². The zero-order chi connectivity index (χ0) is 12.0. The van der Waals surface area contributed by atoms with E-state index in [-0.39, 0.29) is 12.4 Å². The molecule has 0 aromatic carbocycles. The van der Waals surface area contributed by atoms with Crippen molar-refractivity contribution in [1.29, 1.82) is 0 Å². The Bertz CT molecular complexity index is 231. The van der Waals surface area contributed by atoms with Crippen LogP contribution < -0.4 is 0 Å². The van der Waals surface area contributed by atoms with Gasteiger partial charge in [0.1, 0.15) is 0 Å². The van der Waals surface area contributed by atoms with E-state index in [4.69, 9.17) is 13.3 Å². The first-order valence-corrected chi connectivity index (χ1v) is 7.37. The molecule has 7 heteroatoms. The van der Waals surface area contributed by atoms with Crippen LogP contribution in [-0.2, 0) is 13.3 Å². The van der Waals surface area contributed by atoms with E-state index in [2.05, 4.69) is 29.2 Å². The predicted molar refractivity (Wildman–Crippen MR) is 71.9 cm³/mol. The molecule has 1 heterocycles. The van der Waals surface area contributed by atoms with Gasteiger partial charge in [-0.1, -0.05) is 0 Å². The first-order chi connectivity index (χ1) is 7.65. The maximum atomic E-state index is 5.37. The first kappa shape index (κ1) is 16.7. The van der Waals surface area contributed by atoms with Crippen LogP contribution in [0.2, 0.25) is 6.04 Å². The average molecular weight is 283 g/mol. The largest absolute Gasteiger partial charge is 0.500 e. The molecule has 0 amide bonds. The predicted octanol–water partition coefficient (Wildman–Crippen LogP) is 1.35. The molecule has 0 atom stereocenters. The van der Waals surface area contributed by atoms with Gasteiger partial charge >= 0.3 is 8.80 Å². The minimum absolute atomic E-state index is 0. The monoisotopic (exact) mass is 282 g/mol. The Hall–Kier alpha value is -0.273. The van der Waals surface area contributed by atoms with E-state index in [9.17, 15) is 0 Å². The molecule has 1 rings (SSSR count). The van der Waals surface area contributed by atoms with Gasteiger partial charge in [0, 0.05) is 53.4 Å². The van der Waals surface area contributed by atoms with E-state index < -0.39 is 8.80 Å². The summed E-state index contributed by atoms with van der Waals surface area (Å²) in [7, 11) is 4.66. The highest BCUT2D eigenvalue weighted by Crippen LogP contribution is 2.16. The van der Waals surface area contributed by atoms with Gasteiger partial charge in [0.2, 0.25) is 0 Å². The number of nitrogens with zero attached hydrogens (tertiary/aromatic N) is 2. The summed E-state index contributed by atoms with van der Waals surface area (Å²) in [4.78, 5) is 4.41. The van der Waals surface area contributed by atoms with Crippen molar-refractivity contribution in [3.63, 3.8) is 0 Å². The summed E-state index contributed by atoms with van der Waals surface area (Å²) in [5.41, 5.74) is 0. The van der Waals surface area contributed by atoms with Gasteiger partial charge in [0.05, 0.1) is 6.67 Å². The number of hydrogen-bond donors (Lipinski definition) is 0. The Labute approximate surface area is 111 Å². The first-order valence-electron chi connectivity index (χ1n) is 5.44. The van der Waals surface area contributed by atoms with Gasteiger partial charge in [-0.2, -0.15) is 0 Å². The molecule has 17 heavy (non-hydrogen) atoms. The minimum Gasteiger partial charge on any atom is -0.377 e. The second kappa shape index (κ2) is 7.94. The highest BCUT2D eigenvalue weighted by atomic mass is 35.5. The molecule has 0 spiro atoms. The van der Waals surface area contributed by atoms with E-state index in [0.717, 1.165) is 25.7 Å². The molecule has 0 radical (unpaired) electrons. The third kappa shape index (κ3) is 4.85. The summed E-state index contributed by atoms with van der Waals surface area (Å²) in [6.07, 6.45) is 5.20. The summed E-state index contributed by atoms with van der Waals surface area (Å²) >= 11 is 0. The third-order valence-electron chi connectivity index (χ3n) is 2.80. The zero-order valence-corrected chi connectivity index (χ0v) is 12.8. The van der Waals surface area contributed by atoms with E-state index in [1.165, 1.54) is 0 Å². The second-order valence-corrected chi connectivity index (χ2v) is 7.00. The molecule has 0 saturated heterocycles. The molecule has 5 nitrogen and oxygen atoms in total. The van der Waals surface area contributed by atoms with Crippen molar-refractivity contribution >= 4 is 21.2 Å². The molecule has 1 aliphatic heterocycles. The number of rotatable bonds is 7. The molecule has 0 saturated carbocycles.